The second kappa shape index (κ2) is 6.59. The molecule has 5 heteroatoms. The molecule has 0 bridgehead atoms. The van der Waals surface area contributed by atoms with Crippen LogP contribution in [0.1, 0.15) is 28.8 Å². The van der Waals surface area contributed by atoms with Gasteiger partial charge in [-0.05, 0) is 55.2 Å². The van der Waals surface area contributed by atoms with Crippen LogP contribution >= 0.6 is 0 Å². The number of rotatable bonds is 4. The summed E-state index contributed by atoms with van der Waals surface area (Å²) in [5, 5.41) is 5.93. The van der Waals surface area contributed by atoms with Gasteiger partial charge >= 0.3 is 0 Å². The topological polar surface area (TPSA) is 67.4 Å². The summed E-state index contributed by atoms with van der Waals surface area (Å²) in [5.74, 6) is 0.522. The number of benzene rings is 2. The average Bonchev–Trinajstić information content (AvgIpc) is 3.45. The smallest absolute Gasteiger partial charge is 0.255 e. The summed E-state index contributed by atoms with van der Waals surface area (Å²) in [6.45, 7) is 0.404. The van der Waals surface area contributed by atoms with Crippen molar-refractivity contribution in [2.24, 2.45) is 5.92 Å². The molecule has 1 fully saturated rings. The van der Waals surface area contributed by atoms with E-state index in [-0.39, 0.29) is 17.7 Å². The Hall–Kier alpha value is -2.82. The van der Waals surface area contributed by atoms with Crippen molar-refractivity contribution in [3.05, 3.63) is 59.7 Å². The molecular formula is C20H20N2O3. The number of amides is 2. The molecule has 0 unspecified atom stereocenters. The number of anilines is 1. The summed E-state index contributed by atoms with van der Waals surface area (Å²) >= 11 is 0. The third-order valence-corrected chi connectivity index (χ3v) is 4.56. The minimum Gasteiger partial charge on any atom is -0.492 e. The highest BCUT2D eigenvalue weighted by atomic mass is 16.5. The zero-order valence-corrected chi connectivity index (χ0v) is 13.8. The fourth-order valence-corrected chi connectivity index (χ4v) is 2.98. The number of fused-ring (bicyclic) bond motifs is 1. The van der Waals surface area contributed by atoms with E-state index in [4.69, 9.17) is 4.74 Å². The van der Waals surface area contributed by atoms with E-state index < -0.39 is 0 Å². The van der Waals surface area contributed by atoms with Crippen LogP contribution in [0.4, 0.5) is 5.69 Å². The molecule has 25 heavy (non-hydrogen) atoms. The number of hydrogen-bond acceptors (Lipinski definition) is 3. The molecule has 5 nitrogen and oxygen atoms in total. The van der Waals surface area contributed by atoms with E-state index in [1.165, 1.54) is 0 Å². The normalized spacial score (nSPS) is 18.6. The Morgan fingerprint density at radius 2 is 1.84 bits per heavy atom. The average molecular weight is 336 g/mol. The predicted octanol–water partition coefficient (Wildman–Crippen LogP) is 2.77. The van der Waals surface area contributed by atoms with E-state index >= 15 is 0 Å². The molecule has 0 radical (unpaired) electrons. The fraction of sp³-hybridized carbons (Fsp3) is 0.300. The summed E-state index contributed by atoms with van der Waals surface area (Å²) in [4.78, 5) is 24.5. The summed E-state index contributed by atoms with van der Waals surface area (Å²) < 4.78 is 5.73. The van der Waals surface area contributed by atoms with Crippen molar-refractivity contribution in [2.45, 2.75) is 25.3 Å². The standard InChI is InChI=1S/C20H20N2O3/c23-19(13-4-2-1-3-5-13)22-17-8-9-18-14(11-17)10-15(12-25-18)20(24)21-16-6-7-16/h1-5,8-9,11,15-16H,6-7,10,12H2,(H,21,24)(H,22,23)/t15-/m1/s1. The molecule has 0 aromatic heterocycles. The van der Waals surface area contributed by atoms with Crippen LogP contribution in [0.5, 0.6) is 5.75 Å². The summed E-state index contributed by atoms with van der Waals surface area (Å²) in [5.41, 5.74) is 2.27. The Kier molecular flexibility index (Phi) is 4.14. The van der Waals surface area contributed by atoms with Crippen LogP contribution in [0, 0.1) is 5.92 Å². The Balaban J connectivity index is 1.46. The Bertz CT molecular complexity index is 800. The molecule has 1 aliphatic heterocycles. The van der Waals surface area contributed by atoms with Crippen LogP contribution in [-0.4, -0.2) is 24.5 Å². The summed E-state index contributed by atoms with van der Waals surface area (Å²) in [7, 11) is 0. The van der Waals surface area contributed by atoms with Crippen LogP contribution in [0.3, 0.4) is 0 Å². The lowest BCUT2D eigenvalue weighted by Gasteiger charge is -2.25. The van der Waals surface area contributed by atoms with Gasteiger partial charge in [-0.2, -0.15) is 0 Å². The lowest BCUT2D eigenvalue weighted by Crippen LogP contribution is -2.38. The second-order valence-electron chi connectivity index (χ2n) is 6.64. The lowest BCUT2D eigenvalue weighted by molar-refractivity contribution is -0.126. The molecular weight excluding hydrogens is 316 g/mol. The number of carbonyl (C=O) groups excluding carboxylic acids is 2. The van der Waals surface area contributed by atoms with Gasteiger partial charge in [-0.25, -0.2) is 0 Å². The molecule has 0 spiro atoms. The van der Waals surface area contributed by atoms with Gasteiger partial charge < -0.3 is 15.4 Å². The van der Waals surface area contributed by atoms with E-state index in [0.29, 0.717) is 30.3 Å². The molecule has 1 heterocycles. The summed E-state index contributed by atoms with van der Waals surface area (Å²) in [6.07, 6.45) is 2.78. The first-order valence-electron chi connectivity index (χ1n) is 8.61. The van der Waals surface area contributed by atoms with E-state index in [1.807, 2.05) is 36.4 Å². The Morgan fingerprint density at radius 1 is 1.04 bits per heavy atom. The quantitative estimate of drug-likeness (QED) is 0.902. The first-order chi connectivity index (χ1) is 12.2. The van der Waals surface area contributed by atoms with Gasteiger partial charge in [0.2, 0.25) is 5.91 Å². The van der Waals surface area contributed by atoms with Crippen LogP contribution in [0.15, 0.2) is 48.5 Å². The SMILES string of the molecule is O=C(Nc1ccc2c(c1)C[C@@H](C(=O)NC1CC1)CO2)c1ccccc1. The second-order valence-corrected chi connectivity index (χ2v) is 6.64. The number of hydrogen-bond donors (Lipinski definition) is 2. The molecule has 2 aromatic carbocycles. The van der Waals surface area contributed by atoms with Gasteiger partial charge in [-0.15, -0.1) is 0 Å². The molecule has 1 aliphatic carbocycles. The Labute approximate surface area is 146 Å². The zero-order valence-electron chi connectivity index (χ0n) is 13.8. The van der Waals surface area contributed by atoms with E-state index in [1.54, 1.807) is 12.1 Å². The predicted molar refractivity (Wildman–Crippen MR) is 94.7 cm³/mol. The highest BCUT2D eigenvalue weighted by Gasteiger charge is 2.30. The molecule has 128 valence electrons. The number of carbonyl (C=O) groups is 2. The van der Waals surface area contributed by atoms with Gasteiger partial charge in [0.05, 0.1) is 5.92 Å². The van der Waals surface area contributed by atoms with Crippen molar-refractivity contribution in [1.82, 2.24) is 5.32 Å². The van der Waals surface area contributed by atoms with Gasteiger partial charge in [-0.3, -0.25) is 9.59 Å². The van der Waals surface area contributed by atoms with Crippen LogP contribution in [0.2, 0.25) is 0 Å². The van der Waals surface area contributed by atoms with Gasteiger partial charge in [-0.1, -0.05) is 18.2 Å². The van der Waals surface area contributed by atoms with Gasteiger partial charge in [0, 0.05) is 17.3 Å². The molecule has 1 atom stereocenters. The van der Waals surface area contributed by atoms with Gasteiger partial charge in [0.25, 0.3) is 5.91 Å². The van der Waals surface area contributed by atoms with Crippen molar-refractivity contribution in [3.63, 3.8) is 0 Å². The first kappa shape index (κ1) is 15.7. The highest BCUT2D eigenvalue weighted by Crippen LogP contribution is 2.31. The number of nitrogens with one attached hydrogen (secondary N) is 2. The summed E-state index contributed by atoms with van der Waals surface area (Å²) in [6, 6.07) is 15.0. The van der Waals surface area contributed by atoms with Crippen LogP contribution in [-0.2, 0) is 11.2 Å². The van der Waals surface area contributed by atoms with Crippen LogP contribution in [0.25, 0.3) is 0 Å². The minimum atomic E-state index is -0.173. The molecule has 0 saturated heterocycles. The van der Waals surface area contributed by atoms with Crippen molar-refractivity contribution >= 4 is 17.5 Å². The minimum absolute atomic E-state index is 0.0619. The van der Waals surface area contributed by atoms with Crippen molar-refractivity contribution in [3.8, 4) is 5.75 Å². The van der Waals surface area contributed by atoms with E-state index in [9.17, 15) is 9.59 Å². The maximum Gasteiger partial charge on any atom is 0.255 e. The third kappa shape index (κ3) is 3.65. The zero-order chi connectivity index (χ0) is 17.2. The third-order valence-electron chi connectivity index (χ3n) is 4.56. The van der Waals surface area contributed by atoms with Crippen molar-refractivity contribution < 1.29 is 14.3 Å². The highest BCUT2D eigenvalue weighted by molar-refractivity contribution is 6.04. The van der Waals surface area contributed by atoms with Gasteiger partial charge in [0.15, 0.2) is 0 Å². The maximum atomic E-state index is 12.3. The molecule has 4 rings (SSSR count). The molecule has 2 amide bonds. The lowest BCUT2D eigenvalue weighted by atomic mass is 9.95. The molecule has 2 aliphatic rings. The first-order valence-corrected chi connectivity index (χ1v) is 8.61. The monoisotopic (exact) mass is 336 g/mol. The Morgan fingerprint density at radius 3 is 2.60 bits per heavy atom. The van der Waals surface area contributed by atoms with Crippen LogP contribution < -0.4 is 15.4 Å². The number of ether oxygens (including phenoxy) is 1. The molecule has 2 N–H and O–H groups in total. The van der Waals surface area contributed by atoms with Crippen molar-refractivity contribution in [1.29, 1.82) is 0 Å². The largest absolute Gasteiger partial charge is 0.492 e. The fourth-order valence-electron chi connectivity index (χ4n) is 2.98. The molecule has 2 aromatic rings. The van der Waals surface area contributed by atoms with E-state index in [2.05, 4.69) is 10.6 Å². The van der Waals surface area contributed by atoms with Crippen molar-refractivity contribution in [2.75, 3.05) is 11.9 Å². The van der Waals surface area contributed by atoms with E-state index in [0.717, 1.165) is 24.2 Å². The maximum absolute atomic E-state index is 12.3. The van der Waals surface area contributed by atoms with Gasteiger partial charge in [0.1, 0.15) is 12.4 Å². The molecule has 1 saturated carbocycles.